The van der Waals surface area contributed by atoms with Gasteiger partial charge in [-0.3, -0.25) is 0 Å². The third-order valence-electron chi connectivity index (χ3n) is 4.98. The molecule has 0 spiro atoms. The van der Waals surface area contributed by atoms with E-state index >= 15 is 0 Å². The summed E-state index contributed by atoms with van der Waals surface area (Å²) in [5.41, 5.74) is 1.48. The summed E-state index contributed by atoms with van der Waals surface area (Å²) in [4.78, 5) is 0. The fourth-order valence-electron chi connectivity index (χ4n) is 3.98. The molecule has 1 aromatic rings. The van der Waals surface area contributed by atoms with Gasteiger partial charge in [0.15, 0.2) is 0 Å². The van der Waals surface area contributed by atoms with Crippen LogP contribution in [0.15, 0.2) is 22.7 Å². The van der Waals surface area contributed by atoms with Crippen molar-refractivity contribution in [3.63, 3.8) is 0 Å². The first-order chi connectivity index (χ1) is 9.63. The van der Waals surface area contributed by atoms with Crippen molar-refractivity contribution in [1.29, 1.82) is 0 Å². The van der Waals surface area contributed by atoms with Crippen LogP contribution < -0.4 is 5.32 Å². The molecule has 2 saturated carbocycles. The molecule has 1 nitrogen and oxygen atoms in total. The fourth-order valence-corrected chi connectivity index (χ4v) is 4.38. The predicted molar refractivity (Wildman–Crippen MR) is 84.2 cm³/mol. The monoisotopic (exact) mass is 339 g/mol. The normalized spacial score (nSPS) is 31.4. The van der Waals surface area contributed by atoms with Gasteiger partial charge in [-0.15, -0.1) is 0 Å². The van der Waals surface area contributed by atoms with Crippen LogP contribution in [0.2, 0.25) is 0 Å². The highest BCUT2D eigenvalue weighted by Crippen LogP contribution is 2.60. The van der Waals surface area contributed by atoms with E-state index in [4.69, 9.17) is 0 Å². The van der Waals surface area contributed by atoms with Gasteiger partial charge < -0.3 is 5.32 Å². The Bertz CT molecular complexity index is 478. The van der Waals surface area contributed by atoms with Gasteiger partial charge in [0.1, 0.15) is 5.82 Å². The SMILES string of the molecule is CCCNCC1(Cc2cccc(F)c2Br)CC2CC2C1. The Kier molecular flexibility index (Phi) is 4.19. The highest BCUT2D eigenvalue weighted by molar-refractivity contribution is 9.10. The Morgan fingerprint density at radius 2 is 2.10 bits per heavy atom. The molecule has 0 aromatic heterocycles. The molecule has 20 heavy (non-hydrogen) atoms. The van der Waals surface area contributed by atoms with E-state index < -0.39 is 0 Å². The number of nitrogens with one attached hydrogen (secondary N) is 1. The largest absolute Gasteiger partial charge is 0.316 e. The minimum absolute atomic E-state index is 0.137. The topological polar surface area (TPSA) is 12.0 Å². The molecular formula is C17H23BrFN. The van der Waals surface area contributed by atoms with Crippen LogP contribution in [-0.4, -0.2) is 13.1 Å². The van der Waals surface area contributed by atoms with Gasteiger partial charge in [-0.2, -0.15) is 0 Å². The first-order valence-electron chi connectivity index (χ1n) is 7.77. The van der Waals surface area contributed by atoms with Crippen LogP contribution in [-0.2, 0) is 6.42 Å². The van der Waals surface area contributed by atoms with Gasteiger partial charge in [-0.05, 0) is 83.5 Å². The van der Waals surface area contributed by atoms with Crippen LogP contribution in [0.5, 0.6) is 0 Å². The molecular weight excluding hydrogens is 317 g/mol. The van der Waals surface area contributed by atoms with E-state index in [0.717, 1.165) is 36.9 Å². The average Bonchev–Trinajstić information content (AvgIpc) is 3.04. The molecule has 0 aliphatic heterocycles. The quantitative estimate of drug-likeness (QED) is 0.750. The van der Waals surface area contributed by atoms with Gasteiger partial charge in [-0.25, -0.2) is 4.39 Å². The third-order valence-corrected chi connectivity index (χ3v) is 5.87. The minimum atomic E-state index is -0.137. The molecule has 0 saturated heterocycles. The van der Waals surface area contributed by atoms with Crippen molar-refractivity contribution >= 4 is 15.9 Å². The van der Waals surface area contributed by atoms with Crippen LogP contribution in [0.3, 0.4) is 0 Å². The zero-order valence-electron chi connectivity index (χ0n) is 12.1. The lowest BCUT2D eigenvalue weighted by molar-refractivity contribution is 0.248. The summed E-state index contributed by atoms with van der Waals surface area (Å²) in [7, 11) is 0. The summed E-state index contributed by atoms with van der Waals surface area (Å²) < 4.78 is 14.4. The number of benzene rings is 1. The van der Waals surface area contributed by atoms with E-state index in [1.165, 1.54) is 31.7 Å². The van der Waals surface area contributed by atoms with Gasteiger partial charge in [0.05, 0.1) is 4.47 Å². The standard InChI is InChI=1S/C17H23BrFN/c1-2-6-20-11-17(9-13-7-14(13)10-17)8-12-4-3-5-15(19)16(12)18/h3-5,13-14,20H,2,6-11H2,1H3. The van der Waals surface area contributed by atoms with E-state index in [9.17, 15) is 4.39 Å². The average molecular weight is 340 g/mol. The molecule has 2 atom stereocenters. The Hall–Kier alpha value is -0.410. The third kappa shape index (κ3) is 2.94. The molecule has 1 aromatic carbocycles. The Morgan fingerprint density at radius 3 is 2.80 bits per heavy atom. The lowest BCUT2D eigenvalue weighted by Gasteiger charge is -2.32. The van der Waals surface area contributed by atoms with Crippen LogP contribution in [0, 0.1) is 23.1 Å². The molecule has 2 fully saturated rings. The van der Waals surface area contributed by atoms with Gasteiger partial charge >= 0.3 is 0 Å². The van der Waals surface area contributed by atoms with E-state index in [2.05, 4.69) is 34.2 Å². The van der Waals surface area contributed by atoms with E-state index in [1.807, 2.05) is 6.07 Å². The summed E-state index contributed by atoms with van der Waals surface area (Å²) in [5.74, 6) is 1.76. The molecule has 0 radical (unpaired) electrons. The van der Waals surface area contributed by atoms with Crippen molar-refractivity contribution in [1.82, 2.24) is 5.32 Å². The molecule has 3 rings (SSSR count). The summed E-state index contributed by atoms with van der Waals surface area (Å²) in [6.07, 6.45) is 6.23. The van der Waals surface area contributed by atoms with Crippen LogP contribution in [0.4, 0.5) is 4.39 Å². The molecule has 2 unspecified atom stereocenters. The van der Waals surface area contributed by atoms with Crippen LogP contribution >= 0.6 is 15.9 Å². The Morgan fingerprint density at radius 1 is 1.35 bits per heavy atom. The molecule has 1 N–H and O–H groups in total. The lowest BCUT2D eigenvalue weighted by atomic mass is 9.77. The maximum Gasteiger partial charge on any atom is 0.137 e. The molecule has 0 heterocycles. The molecule has 3 heteroatoms. The Balaban J connectivity index is 1.74. The maximum atomic E-state index is 13.7. The van der Waals surface area contributed by atoms with E-state index in [-0.39, 0.29) is 5.82 Å². The van der Waals surface area contributed by atoms with Crippen LogP contribution in [0.25, 0.3) is 0 Å². The second-order valence-corrected chi connectivity index (χ2v) is 7.52. The van der Waals surface area contributed by atoms with Gasteiger partial charge in [-0.1, -0.05) is 19.1 Å². The zero-order valence-corrected chi connectivity index (χ0v) is 13.7. The van der Waals surface area contributed by atoms with Crippen molar-refractivity contribution in [2.45, 2.75) is 39.0 Å². The lowest BCUT2D eigenvalue weighted by Crippen LogP contribution is -2.35. The molecule has 110 valence electrons. The molecule has 2 aliphatic rings. The fraction of sp³-hybridized carbons (Fsp3) is 0.647. The van der Waals surface area contributed by atoms with Crippen LogP contribution in [0.1, 0.15) is 38.2 Å². The number of hydrogen-bond acceptors (Lipinski definition) is 1. The van der Waals surface area contributed by atoms with E-state index in [1.54, 1.807) is 0 Å². The first-order valence-corrected chi connectivity index (χ1v) is 8.56. The smallest absolute Gasteiger partial charge is 0.137 e. The summed E-state index contributed by atoms with van der Waals surface area (Å²) >= 11 is 3.42. The van der Waals surface area contributed by atoms with Gasteiger partial charge in [0, 0.05) is 6.54 Å². The summed E-state index contributed by atoms with van der Waals surface area (Å²) in [6.45, 7) is 4.37. The number of hydrogen-bond donors (Lipinski definition) is 1. The highest BCUT2D eigenvalue weighted by Gasteiger charge is 2.53. The molecule has 0 bridgehead atoms. The van der Waals surface area contributed by atoms with Crippen molar-refractivity contribution in [3.8, 4) is 0 Å². The zero-order chi connectivity index (χ0) is 14.2. The molecule has 0 amide bonds. The molecule has 2 aliphatic carbocycles. The minimum Gasteiger partial charge on any atom is -0.316 e. The number of halogens is 2. The number of fused-ring (bicyclic) bond motifs is 1. The van der Waals surface area contributed by atoms with E-state index in [0.29, 0.717) is 9.89 Å². The second kappa shape index (κ2) is 5.76. The van der Waals surface area contributed by atoms with Crippen molar-refractivity contribution in [2.24, 2.45) is 17.3 Å². The van der Waals surface area contributed by atoms with Crippen molar-refractivity contribution < 1.29 is 4.39 Å². The predicted octanol–water partition coefficient (Wildman–Crippen LogP) is 4.55. The summed E-state index contributed by atoms with van der Waals surface area (Å²) in [6, 6.07) is 5.43. The van der Waals surface area contributed by atoms with Crippen molar-refractivity contribution in [3.05, 3.63) is 34.1 Å². The maximum absolute atomic E-state index is 13.7. The summed E-state index contributed by atoms with van der Waals surface area (Å²) in [5, 5.41) is 3.60. The first kappa shape index (κ1) is 14.5. The highest BCUT2D eigenvalue weighted by atomic mass is 79.9. The Labute approximate surface area is 129 Å². The van der Waals surface area contributed by atoms with Gasteiger partial charge in [0.25, 0.3) is 0 Å². The number of rotatable bonds is 6. The van der Waals surface area contributed by atoms with Gasteiger partial charge in [0.2, 0.25) is 0 Å². The second-order valence-electron chi connectivity index (χ2n) is 6.73. The van der Waals surface area contributed by atoms with Crippen molar-refractivity contribution in [2.75, 3.05) is 13.1 Å².